The Hall–Kier alpha value is -1.10. The number of nitrogens with two attached hydrogens (primary N) is 1. The quantitative estimate of drug-likeness (QED) is 0.621. The van der Waals surface area contributed by atoms with Gasteiger partial charge in [0.1, 0.15) is 0 Å². The SMILES string of the molecule is NC(=O)CN(CCCCC(=O)O)C1CCCC1. The van der Waals surface area contributed by atoms with Crippen molar-refractivity contribution in [1.29, 1.82) is 0 Å². The molecule has 0 aliphatic heterocycles. The zero-order chi connectivity index (χ0) is 12.7. The monoisotopic (exact) mass is 242 g/mol. The van der Waals surface area contributed by atoms with Gasteiger partial charge in [-0.2, -0.15) is 0 Å². The van der Waals surface area contributed by atoms with Crippen LogP contribution in [0.1, 0.15) is 44.9 Å². The van der Waals surface area contributed by atoms with Crippen LogP contribution in [0.5, 0.6) is 0 Å². The zero-order valence-electron chi connectivity index (χ0n) is 10.2. The van der Waals surface area contributed by atoms with E-state index in [1.165, 1.54) is 12.8 Å². The molecule has 0 aromatic carbocycles. The minimum atomic E-state index is -0.757. The van der Waals surface area contributed by atoms with E-state index >= 15 is 0 Å². The summed E-state index contributed by atoms with van der Waals surface area (Å²) < 4.78 is 0. The standard InChI is InChI=1S/C12H22N2O3/c13-11(15)9-14(10-5-1-2-6-10)8-4-3-7-12(16)17/h10H,1-9H2,(H2,13,15)(H,16,17). The molecule has 1 aliphatic rings. The zero-order valence-corrected chi connectivity index (χ0v) is 10.2. The number of hydrogen-bond donors (Lipinski definition) is 2. The van der Waals surface area contributed by atoms with Crippen LogP contribution in [-0.4, -0.2) is 41.0 Å². The summed E-state index contributed by atoms with van der Waals surface area (Å²) >= 11 is 0. The van der Waals surface area contributed by atoms with E-state index in [2.05, 4.69) is 4.90 Å². The Balaban J connectivity index is 2.29. The second kappa shape index (κ2) is 7.27. The fourth-order valence-corrected chi connectivity index (χ4v) is 2.45. The maximum atomic E-state index is 11.0. The molecular formula is C12H22N2O3. The van der Waals surface area contributed by atoms with E-state index in [1.807, 2.05) is 0 Å². The maximum Gasteiger partial charge on any atom is 0.303 e. The smallest absolute Gasteiger partial charge is 0.303 e. The normalized spacial score (nSPS) is 16.5. The minimum Gasteiger partial charge on any atom is -0.481 e. The lowest BCUT2D eigenvalue weighted by atomic mass is 10.1. The van der Waals surface area contributed by atoms with Crippen molar-refractivity contribution in [3.05, 3.63) is 0 Å². The van der Waals surface area contributed by atoms with Gasteiger partial charge in [-0.25, -0.2) is 0 Å². The lowest BCUT2D eigenvalue weighted by Gasteiger charge is -2.27. The molecule has 0 saturated heterocycles. The number of nitrogens with zero attached hydrogens (tertiary/aromatic N) is 1. The van der Waals surface area contributed by atoms with Crippen molar-refractivity contribution in [2.24, 2.45) is 5.73 Å². The molecule has 1 fully saturated rings. The highest BCUT2D eigenvalue weighted by molar-refractivity contribution is 5.75. The van der Waals surface area contributed by atoms with Gasteiger partial charge in [0.05, 0.1) is 6.54 Å². The predicted octanol–water partition coefficient (Wildman–Crippen LogP) is 0.971. The lowest BCUT2D eigenvalue weighted by Crippen LogP contribution is -2.40. The van der Waals surface area contributed by atoms with E-state index in [1.54, 1.807) is 0 Å². The minimum absolute atomic E-state index is 0.203. The fraction of sp³-hybridized carbons (Fsp3) is 0.833. The Bertz CT molecular complexity index is 262. The molecular weight excluding hydrogens is 220 g/mol. The van der Waals surface area contributed by atoms with Gasteiger partial charge in [0.2, 0.25) is 5.91 Å². The van der Waals surface area contributed by atoms with Gasteiger partial charge in [0.25, 0.3) is 0 Å². The summed E-state index contributed by atoms with van der Waals surface area (Å²) in [6, 6.07) is 0.465. The first kappa shape index (κ1) is 14.0. The van der Waals surface area contributed by atoms with Gasteiger partial charge in [0.15, 0.2) is 0 Å². The Morgan fingerprint density at radius 3 is 2.41 bits per heavy atom. The van der Waals surface area contributed by atoms with Crippen LogP contribution in [0.25, 0.3) is 0 Å². The van der Waals surface area contributed by atoms with Crippen molar-refractivity contribution >= 4 is 11.9 Å². The Kier molecular flexibility index (Phi) is 5.97. The summed E-state index contributed by atoms with van der Waals surface area (Å²) in [4.78, 5) is 23.5. The average molecular weight is 242 g/mol. The van der Waals surface area contributed by atoms with E-state index in [-0.39, 0.29) is 12.3 Å². The van der Waals surface area contributed by atoms with Crippen LogP contribution in [0.4, 0.5) is 0 Å². The van der Waals surface area contributed by atoms with E-state index in [4.69, 9.17) is 10.8 Å². The number of rotatable bonds is 8. The number of unbranched alkanes of at least 4 members (excludes halogenated alkanes) is 1. The largest absolute Gasteiger partial charge is 0.481 e. The molecule has 0 radical (unpaired) electrons. The van der Waals surface area contributed by atoms with Crippen LogP contribution >= 0.6 is 0 Å². The first-order valence-corrected chi connectivity index (χ1v) is 6.33. The molecule has 0 heterocycles. The molecule has 1 aliphatic carbocycles. The third kappa shape index (κ3) is 5.68. The Morgan fingerprint density at radius 1 is 1.24 bits per heavy atom. The number of primary amides is 1. The van der Waals surface area contributed by atoms with Gasteiger partial charge in [-0.3, -0.25) is 14.5 Å². The van der Waals surface area contributed by atoms with Crippen molar-refractivity contribution in [2.45, 2.75) is 51.0 Å². The summed E-state index contributed by atoms with van der Waals surface area (Å²) in [6.07, 6.45) is 6.38. The van der Waals surface area contributed by atoms with Crippen LogP contribution in [0.2, 0.25) is 0 Å². The molecule has 17 heavy (non-hydrogen) atoms. The van der Waals surface area contributed by atoms with Gasteiger partial charge in [-0.1, -0.05) is 12.8 Å². The molecule has 5 nitrogen and oxygen atoms in total. The third-order valence-corrected chi connectivity index (χ3v) is 3.29. The van der Waals surface area contributed by atoms with Gasteiger partial charge in [-0.15, -0.1) is 0 Å². The van der Waals surface area contributed by atoms with Crippen molar-refractivity contribution < 1.29 is 14.7 Å². The van der Waals surface area contributed by atoms with Crippen LogP contribution in [-0.2, 0) is 9.59 Å². The molecule has 98 valence electrons. The summed E-state index contributed by atoms with van der Waals surface area (Å²) in [5, 5.41) is 8.55. The Labute approximate surface area is 102 Å². The highest BCUT2D eigenvalue weighted by atomic mass is 16.4. The van der Waals surface area contributed by atoms with E-state index in [0.717, 1.165) is 25.8 Å². The fourth-order valence-electron chi connectivity index (χ4n) is 2.45. The molecule has 1 amide bonds. The van der Waals surface area contributed by atoms with Gasteiger partial charge in [0, 0.05) is 12.5 Å². The second-order valence-electron chi connectivity index (χ2n) is 4.73. The average Bonchev–Trinajstić information content (AvgIpc) is 2.74. The number of carbonyl (C=O) groups is 2. The molecule has 1 saturated carbocycles. The first-order chi connectivity index (χ1) is 8.09. The first-order valence-electron chi connectivity index (χ1n) is 6.33. The summed E-state index contributed by atoms with van der Waals surface area (Å²) in [6.45, 7) is 1.08. The van der Waals surface area contributed by atoms with Crippen molar-refractivity contribution in [2.75, 3.05) is 13.1 Å². The number of aliphatic carboxylic acids is 1. The highest BCUT2D eigenvalue weighted by Gasteiger charge is 2.23. The van der Waals surface area contributed by atoms with Crippen molar-refractivity contribution in [1.82, 2.24) is 4.90 Å². The third-order valence-electron chi connectivity index (χ3n) is 3.29. The van der Waals surface area contributed by atoms with E-state index < -0.39 is 5.97 Å². The topological polar surface area (TPSA) is 83.6 Å². The molecule has 1 rings (SSSR count). The summed E-state index contributed by atoms with van der Waals surface area (Å²) in [5.41, 5.74) is 5.24. The van der Waals surface area contributed by atoms with E-state index in [9.17, 15) is 9.59 Å². The molecule has 5 heteroatoms. The highest BCUT2D eigenvalue weighted by Crippen LogP contribution is 2.23. The van der Waals surface area contributed by atoms with Gasteiger partial charge < -0.3 is 10.8 Å². The second-order valence-corrected chi connectivity index (χ2v) is 4.73. The van der Waals surface area contributed by atoms with Crippen molar-refractivity contribution in [3.8, 4) is 0 Å². The summed E-state index contributed by atoms with van der Waals surface area (Å²) in [7, 11) is 0. The molecule has 3 N–H and O–H groups in total. The number of carboxylic acid groups (broad SMARTS) is 1. The van der Waals surface area contributed by atoms with Crippen LogP contribution in [0.3, 0.4) is 0 Å². The van der Waals surface area contributed by atoms with Gasteiger partial charge in [-0.05, 0) is 32.2 Å². The maximum absolute atomic E-state index is 11.0. The molecule has 0 spiro atoms. The summed E-state index contributed by atoms with van der Waals surface area (Å²) in [5.74, 6) is -1.05. The van der Waals surface area contributed by atoms with Crippen LogP contribution in [0, 0.1) is 0 Å². The number of hydrogen-bond acceptors (Lipinski definition) is 3. The number of amides is 1. The van der Waals surface area contributed by atoms with Crippen LogP contribution in [0.15, 0.2) is 0 Å². The molecule has 0 atom stereocenters. The molecule has 0 bridgehead atoms. The lowest BCUT2D eigenvalue weighted by molar-refractivity contribution is -0.137. The molecule has 0 aromatic rings. The number of carboxylic acids is 1. The van der Waals surface area contributed by atoms with Crippen molar-refractivity contribution in [3.63, 3.8) is 0 Å². The van der Waals surface area contributed by atoms with E-state index in [0.29, 0.717) is 19.0 Å². The van der Waals surface area contributed by atoms with Crippen LogP contribution < -0.4 is 5.73 Å². The predicted molar refractivity (Wildman–Crippen MR) is 64.5 cm³/mol. The number of carbonyl (C=O) groups excluding carboxylic acids is 1. The Morgan fingerprint density at radius 2 is 1.88 bits per heavy atom. The molecule has 0 unspecified atom stereocenters. The van der Waals surface area contributed by atoms with Gasteiger partial charge >= 0.3 is 5.97 Å². The molecule has 0 aromatic heterocycles.